The van der Waals surface area contributed by atoms with Crippen LogP contribution in [0.15, 0.2) is 58.7 Å². The van der Waals surface area contributed by atoms with Crippen LogP contribution < -0.4 is 5.32 Å². The summed E-state index contributed by atoms with van der Waals surface area (Å²) in [5, 5.41) is 20.8. The molecule has 1 heterocycles. The van der Waals surface area contributed by atoms with Gasteiger partial charge in [0.2, 0.25) is 5.91 Å². The number of amidine groups is 1. The number of hydrogen-bond acceptors (Lipinski definition) is 5. The third-order valence-electron chi connectivity index (χ3n) is 3.34. The number of carbonyl (C=O) groups is 1. The summed E-state index contributed by atoms with van der Waals surface area (Å²) in [7, 11) is 0. The molecule has 0 bridgehead atoms. The topological polar surface area (TPSA) is 74.0 Å². The first kappa shape index (κ1) is 16.5. The summed E-state index contributed by atoms with van der Waals surface area (Å²) in [5.74, 6) is 0.111. The second-order valence-corrected chi connectivity index (χ2v) is 6.80. The van der Waals surface area contributed by atoms with Gasteiger partial charge in [0.15, 0.2) is 5.17 Å². The van der Waals surface area contributed by atoms with Crippen molar-refractivity contribution in [2.24, 2.45) is 10.2 Å². The first-order valence-electron chi connectivity index (χ1n) is 7.22. The van der Waals surface area contributed by atoms with Gasteiger partial charge in [0, 0.05) is 5.02 Å². The van der Waals surface area contributed by atoms with Crippen molar-refractivity contribution in [2.45, 2.75) is 11.7 Å². The fourth-order valence-electron chi connectivity index (χ4n) is 2.17. The minimum absolute atomic E-state index is 0.0847. The minimum Gasteiger partial charge on any atom is -0.508 e. The van der Waals surface area contributed by atoms with Crippen LogP contribution in [0, 0.1) is 0 Å². The molecule has 0 radical (unpaired) electrons. The Hall–Kier alpha value is -2.31. The van der Waals surface area contributed by atoms with Crippen molar-refractivity contribution < 1.29 is 9.90 Å². The molecule has 1 unspecified atom stereocenters. The van der Waals surface area contributed by atoms with Gasteiger partial charge < -0.3 is 10.4 Å². The van der Waals surface area contributed by atoms with Crippen molar-refractivity contribution in [3.05, 3.63) is 64.7 Å². The largest absolute Gasteiger partial charge is 0.508 e. The number of halogens is 1. The van der Waals surface area contributed by atoms with E-state index >= 15 is 0 Å². The van der Waals surface area contributed by atoms with Gasteiger partial charge in [0.25, 0.3) is 0 Å². The fourth-order valence-corrected chi connectivity index (χ4v) is 3.35. The molecule has 5 nitrogen and oxygen atoms in total. The normalized spacial score (nSPS) is 19.1. The number of nitrogens with zero attached hydrogens (tertiary/aromatic N) is 2. The Bertz CT molecular complexity index is 806. The smallest absolute Gasteiger partial charge is 0.239 e. The number of hydrogen-bond donors (Lipinski definition) is 2. The van der Waals surface area contributed by atoms with E-state index in [1.54, 1.807) is 36.5 Å². The molecular formula is C17H14ClN3O2S. The van der Waals surface area contributed by atoms with Crippen molar-refractivity contribution >= 4 is 40.7 Å². The summed E-state index contributed by atoms with van der Waals surface area (Å²) < 4.78 is 0. The van der Waals surface area contributed by atoms with Crippen molar-refractivity contribution in [3.8, 4) is 5.75 Å². The highest BCUT2D eigenvalue weighted by atomic mass is 35.5. The number of amides is 1. The molecule has 1 aliphatic heterocycles. The number of benzene rings is 2. The van der Waals surface area contributed by atoms with E-state index in [0.29, 0.717) is 16.6 Å². The van der Waals surface area contributed by atoms with Crippen LogP contribution in [-0.2, 0) is 11.2 Å². The summed E-state index contributed by atoms with van der Waals surface area (Å²) in [4.78, 5) is 12.0. The van der Waals surface area contributed by atoms with Gasteiger partial charge in [-0.2, -0.15) is 5.10 Å². The SMILES string of the molecule is O=C1N/C(=N\N=Cc2ccc(O)cc2)SC1Cc1cccc(Cl)c1. The van der Waals surface area contributed by atoms with E-state index in [0.717, 1.165) is 11.1 Å². The first-order chi connectivity index (χ1) is 11.6. The number of nitrogens with one attached hydrogen (secondary N) is 1. The summed E-state index contributed by atoms with van der Waals surface area (Å²) in [6.45, 7) is 0. The van der Waals surface area contributed by atoms with E-state index in [9.17, 15) is 9.90 Å². The average molecular weight is 360 g/mol. The Labute approximate surface area is 148 Å². The number of phenols is 1. The molecule has 122 valence electrons. The van der Waals surface area contributed by atoms with Crippen LogP contribution in [0.25, 0.3) is 0 Å². The predicted molar refractivity (Wildman–Crippen MR) is 97.8 cm³/mol. The van der Waals surface area contributed by atoms with Gasteiger partial charge in [0.05, 0.1) is 11.5 Å². The van der Waals surface area contributed by atoms with E-state index in [4.69, 9.17) is 11.6 Å². The van der Waals surface area contributed by atoms with Crippen LogP contribution >= 0.6 is 23.4 Å². The van der Waals surface area contributed by atoms with Gasteiger partial charge >= 0.3 is 0 Å². The number of thioether (sulfide) groups is 1. The number of aromatic hydroxyl groups is 1. The number of phenolic OH excluding ortho intramolecular Hbond substituents is 1. The van der Waals surface area contributed by atoms with E-state index in [1.165, 1.54) is 11.8 Å². The van der Waals surface area contributed by atoms with Crippen LogP contribution in [0.3, 0.4) is 0 Å². The lowest BCUT2D eigenvalue weighted by atomic mass is 10.1. The van der Waals surface area contributed by atoms with Gasteiger partial charge in [-0.1, -0.05) is 35.5 Å². The maximum atomic E-state index is 12.0. The summed E-state index contributed by atoms with van der Waals surface area (Å²) in [6, 6.07) is 14.1. The summed E-state index contributed by atoms with van der Waals surface area (Å²) in [6.07, 6.45) is 2.14. The minimum atomic E-state index is -0.244. The second-order valence-electron chi connectivity index (χ2n) is 5.17. The molecule has 0 aliphatic carbocycles. The molecule has 1 amide bonds. The lowest BCUT2D eigenvalue weighted by Gasteiger charge is -2.05. The van der Waals surface area contributed by atoms with Crippen molar-refractivity contribution in [1.82, 2.24) is 5.32 Å². The van der Waals surface area contributed by atoms with Crippen LogP contribution in [0.5, 0.6) is 5.75 Å². The molecular weight excluding hydrogens is 346 g/mol. The van der Waals surface area contributed by atoms with E-state index in [2.05, 4.69) is 15.5 Å². The van der Waals surface area contributed by atoms with E-state index in [-0.39, 0.29) is 16.9 Å². The molecule has 0 saturated carbocycles. The molecule has 7 heteroatoms. The Kier molecular flexibility index (Phi) is 5.17. The third kappa shape index (κ3) is 4.37. The Balaban J connectivity index is 1.62. The Morgan fingerprint density at radius 1 is 1.25 bits per heavy atom. The summed E-state index contributed by atoms with van der Waals surface area (Å²) in [5.41, 5.74) is 1.81. The molecule has 1 aliphatic rings. The fraction of sp³-hybridized carbons (Fsp3) is 0.118. The lowest BCUT2D eigenvalue weighted by Crippen LogP contribution is -2.25. The monoisotopic (exact) mass is 359 g/mol. The number of rotatable bonds is 4. The highest BCUT2D eigenvalue weighted by molar-refractivity contribution is 8.15. The molecule has 1 fully saturated rings. The van der Waals surface area contributed by atoms with Crippen molar-refractivity contribution in [3.63, 3.8) is 0 Å². The molecule has 0 aromatic heterocycles. The molecule has 3 rings (SSSR count). The van der Waals surface area contributed by atoms with E-state index in [1.807, 2.05) is 18.2 Å². The first-order valence-corrected chi connectivity index (χ1v) is 8.48. The van der Waals surface area contributed by atoms with Crippen molar-refractivity contribution in [2.75, 3.05) is 0 Å². The molecule has 1 atom stereocenters. The zero-order chi connectivity index (χ0) is 16.9. The maximum absolute atomic E-state index is 12.0. The highest BCUT2D eigenvalue weighted by Crippen LogP contribution is 2.24. The molecule has 24 heavy (non-hydrogen) atoms. The second kappa shape index (κ2) is 7.51. The van der Waals surface area contributed by atoms with Gasteiger partial charge in [-0.15, -0.1) is 5.10 Å². The van der Waals surface area contributed by atoms with Crippen LogP contribution in [0.4, 0.5) is 0 Å². The average Bonchev–Trinajstić information content (AvgIpc) is 2.89. The number of carbonyl (C=O) groups excluding carboxylic acids is 1. The van der Waals surface area contributed by atoms with Gasteiger partial charge in [-0.3, -0.25) is 4.79 Å². The van der Waals surface area contributed by atoms with Crippen LogP contribution in [-0.4, -0.2) is 27.6 Å². The van der Waals surface area contributed by atoms with Crippen molar-refractivity contribution in [1.29, 1.82) is 0 Å². The Morgan fingerprint density at radius 3 is 2.79 bits per heavy atom. The highest BCUT2D eigenvalue weighted by Gasteiger charge is 2.30. The molecule has 2 aromatic rings. The Morgan fingerprint density at radius 2 is 2.04 bits per heavy atom. The molecule has 0 spiro atoms. The van der Waals surface area contributed by atoms with E-state index < -0.39 is 0 Å². The summed E-state index contributed by atoms with van der Waals surface area (Å²) >= 11 is 7.32. The third-order valence-corrected chi connectivity index (χ3v) is 4.64. The zero-order valence-corrected chi connectivity index (χ0v) is 14.1. The molecule has 1 saturated heterocycles. The predicted octanol–water partition coefficient (Wildman–Crippen LogP) is 3.21. The van der Waals surface area contributed by atoms with Gasteiger partial charge in [-0.25, -0.2) is 0 Å². The lowest BCUT2D eigenvalue weighted by molar-refractivity contribution is -0.118. The van der Waals surface area contributed by atoms with Crippen LogP contribution in [0.2, 0.25) is 5.02 Å². The maximum Gasteiger partial charge on any atom is 0.239 e. The van der Waals surface area contributed by atoms with Gasteiger partial charge in [-0.05, 0) is 53.9 Å². The zero-order valence-electron chi connectivity index (χ0n) is 12.5. The van der Waals surface area contributed by atoms with Crippen LogP contribution in [0.1, 0.15) is 11.1 Å². The van der Waals surface area contributed by atoms with Gasteiger partial charge in [0.1, 0.15) is 5.75 Å². The molecule has 2 aromatic carbocycles. The quantitative estimate of drug-likeness (QED) is 0.650. The standard InChI is InChI=1S/C17H14ClN3O2S/c18-13-3-1-2-12(8-13)9-15-16(23)20-17(24-15)21-19-10-11-4-6-14(22)7-5-11/h1-8,10,15,22H,9H2,(H,20,21,23). The molecule has 2 N–H and O–H groups in total.